The summed E-state index contributed by atoms with van der Waals surface area (Å²) < 4.78 is 14.0. The number of nitrogens with zero attached hydrogens (tertiary/aromatic N) is 2. The van der Waals surface area contributed by atoms with Crippen molar-refractivity contribution in [2.24, 2.45) is 0 Å². The molecule has 0 unspecified atom stereocenters. The summed E-state index contributed by atoms with van der Waals surface area (Å²) in [6.45, 7) is 2.52. The summed E-state index contributed by atoms with van der Waals surface area (Å²) in [5, 5.41) is 10.8. The zero-order chi connectivity index (χ0) is 13.2. The second-order valence-corrected chi connectivity index (χ2v) is 5.67. The molecule has 0 saturated heterocycles. The number of hydrogen-bond acceptors (Lipinski definition) is 4. The van der Waals surface area contributed by atoms with Crippen LogP contribution < -0.4 is 5.32 Å². The van der Waals surface area contributed by atoms with E-state index in [1.807, 2.05) is 13.0 Å². The molecule has 0 atom stereocenters. The van der Waals surface area contributed by atoms with Crippen molar-refractivity contribution in [3.8, 4) is 0 Å². The highest BCUT2D eigenvalue weighted by Gasteiger charge is 2.21. The second kappa shape index (κ2) is 5.30. The van der Waals surface area contributed by atoms with Crippen LogP contribution in [0.1, 0.15) is 24.2 Å². The van der Waals surface area contributed by atoms with Crippen LogP contribution in [0.4, 0.5) is 4.39 Å². The first-order chi connectivity index (χ1) is 9.22. The van der Waals surface area contributed by atoms with Crippen LogP contribution in [0.2, 0.25) is 0 Å². The minimum Gasteiger partial charge on any atom is -0.310 e. The zero-order valence-corrected chi connectivity index (χ0v) is 11.4. The molecule has 1 heterocycles. The normalized spacial score (nSPS) is 14.8. The summed E-state index contributed by atoms with van der Waals surface area (Å²) in [4.78, 5) is 4.81. The molecule has 1 saturated carbocycles. The van der Waals surface area contributed by atoms with Gasteiger partial charge in [-0.1, -0.05) is 12.1 Å². The number of rotatable bonds is 5. The molecule has 1 aromatic carbocycles. The van der Waals surface area contributed by atoms with Crippen LogP contribution >= 0.6 is 11.8 Å². The molecular weight excluding hydrogens is 263 g/mol. The molecule has 6 heteroatoms. The van der Waals surface area contributed by atoms with Crippen LogP contribution in [0.3, 0.4) is 0 Å². The molecule has 19 heavy (non-hydrogen) atoms. The van der Waals surface area contributed by atoms with Crippen molar-refractivity contribution in [1.29, 1.82) is 0 Å². The second-order valence-electron chi connectivity index (χ2n) is 4.69. The Morgan fingerprint density at radius 1 is 1.47 bits per heavy atom. The Hall–Kier alpha value is -1.40. The number of nitrogens with one attached hydrogen (secondary N) is 2. The molecule has 2 aromatic rings. The van der Waals surface area contributed by atoms with E-state index in [-0.39, 0.29) is 5.82 Å². The van der Waals surface area contributed by atoms with Crippen molar-refractivity contribution in [3.05, 3.63) is 35.4 Å². The highest BCUT2D eigenvalue weighted by atomic mass is 32.2. The van der Waals surface area contributed by atoms with Crippen LogP contribution in [0.25, 0.3) is 0 Å². The SMILES string of the molecule is Cc1nc(Sc2c(F)cccc2CNC2CC2)n[nH]1. The van der Waals surface area contributed by atoms with E-state index >= 15 is 0 Å². The van der Waals surface area contributed by atoms with Crippen LogP contribution in [0, 0.1) is 12.7 Å². The average molecular weight is 278 g/mol. The summed E-state index contributed by atoms with van der Waals surface area (Å²) in [5.74, 6) is 0.513. The molecule has 1 aromatic heterocycles. The predicted octanol–water partition coefficient (Wildman–Crippen LogP) is 2.66. The van der Waals surface area contributed by atoms with E-state index in [0.29, 0.717) is 22.6 Å². The third-order valence-electron chi connectivity index (χ3n) is 2.98. The van der Waals surface area contributed by atoms with E-state index in [0.717, 1.165) is 11.4 Å². The Labute approximate surface area is 115 Å². The fourth-order valence-corrected chi connectivity index (χ4v) is 2.70. The number of benzene rings is 1. The van der Waals surface area contributed by atoms with Gasteiger partial charge in [0.15, 0.2) is 0 Å². The summed E-state index contributed by atoms with van der Waals surface area (Å²) in [5.41, 5.74) is 0.958. The maximum atomic E-state index is 14.0. The Kier molecular flexibility index (Phi) is 3.52. The average Bonchev–Trinajstić information content (AvgIpc) is 3.13. The number of aromatic nitrogens is 3. The molecule has 1 aliphatic rings. The largest absolute Gasteiger partial charge is 0.310 e. The molecule has 0 amide bonds. The first-order valence-electron chi connectivity index (χ1n) is 6.30. The van der Waals surface area contributed by atoms with Crippen molar-refractivity contribution in [3.63, 3.8) is 0 Å². The molecule has 0 aliphatic heterocycles. The Bertz CT molecular complexity index is 580. The maximum absolute atomic E-state index is 14.0. The summed E-state index contributed by atoms with van der Waals surface area (Å²) in [7, 11) is 0. The molecule has 100 valence electrons. The van der Waals surface area contributed by atoms with E-state index in [1.165, 1.54) is 30.7 Å². The molecule has 0 bridgehead atoms. The van der Waals surface area contributed by atoms with Gasteiger partial charge >= 0.3 is 0 Å². The van der Waals surface area contributed by atoms with Crippen molar-refractivity contribution in [2.75, 3.05) is 0 Å². The van der Waals surface area contributed by atoms with Crippen LogP contribution in [0.5, 0.6) is 0 Å². The lowest BCUT2D eigenvalue weighted by atomic mass is 10.2. The Balaban J connectivity index is 1.80. The van der Waals surface area contributed by atoms with Gasteiger partial charge in [0.1, 0.15) is 11.6 Å². The summed E-state index contributed by atoms with van der Waals surface area (Å²) in [6, 6.07) is 5.77. The predicted molar refractivity (Wildman–Crippen MR) is 71.5 cm³/mol. The monoisotopic (exact) mass is 278 g/mol. The Morgan fingerprint density at radius 2 is 2.32 bits per heavy atom. The number of hydrogen-bond donors (Lipinski definition) is 2. The van der Waals surface area contributed by atoms with E-state index in [1.54, 1.807) is 6.07 Å². The number of halogens is 1. The van der Waals surface area contributed by atoms with Gasteiger partial charge in [0.2, 0.25) is 5.16 Å². The highest BCUT2D eigenvalue weighted by Crippen LogP contribution is 2.31. The van der Waals surface area contributed by atoms with Crippen LogP contribution in [0.15, 0.2) is 28.3 Å². The van der Waals surface area contributed by atoms with Gasteiger partial charge in [0, 0.05) is 12.6 Å². The molecule has 3 rings (SSSR count). The lowest BCUT2D eigenvalue weighted by Gasteiger charge is -2.09. The van der Waals surface area contributed by atoms with Gasteiger partial charge < -0.3 is 5.32 Å². The third-order valence-corrected chi connectivity index (χ3v) is 4.00. The molecular formula is C13H15FN4S. The highest BCUT2D eigenvalue weighted by molar-refractivity contribution is 7.99. The van der Waals surface area contributed by atoms with Gasteiger partial charge in [-0.15, -0.1) is 5.10 Å². The minimum atomic E-state index is -0.220. The van der Waals surface area contributed by atoms with E-state index < -0.39 is 0 Å². The summed E-state index contributed by atoms with van der Waals surface area (Å²) in [6.07, 6.45) is 2.44. The molecule has 1 fully saturated rings. The van der Waals surface area contributed by atoms with Crippen LogP contribution in [-0.4, -0.2) is 21.2 Å². The Morgan fingerprint density at radius 3 is 3.00 bits per heavy atom. The van der Waals surface area contributed by atoms with Crippen LogP contribution in [-0.2, 0) is 6.54 Å². The number of H-pyrrole nitrogens is 1. The molecule has 1 aliphatic carbocycles. The van der Waals surface area contributed by atoms with Crippen molar-refractivity contribution >= 4 is 11.8 Å². The lowest BCUT2D eigenvalue weighted by Crippen LogP contribution is -2.16. The van der Waals surface area contributed by atoms with E-state index in [2.05, 4.69) is 20.5 Å². The fraction of sp³-hybridized carbons (Fsp3) is 0.385. The van der Waals surface area contributed by atoms with E-state index in [9.17, 15) is 4.39 Å². The number of aryl methyl sites for hydroxylation is 1. The van der Waals surface area contributed by atoms with E-state index in [4.69, 9.17) is 0 Å². The first kappa shape index (κ1) is 12.6. The molecule has 0 radical (unpaired) electrons. The quantitative estimate of drug-likeness (QED) is 0.883. The van der Waals surface area contributed by atoms with Crippen molar-refractivity contribution in [1.82, 2.24) is 20.5 Å². The topological polar surface area (TPSA) is 53.6 Å². The van der Waals surface area contributed by atoms with Gasteiger partial charge in [-0.05, 0) is 43.2 Å². The van der Waals surface area contributed by atoms with Gasteiger partial charge in [-0.2, -0.15) is 0 Å². The van der Waals surface area contributed by atoms with Crippen molar-refractivity contribution < 1.29 is 4.39 Å². The van der Waals surface area contributed by atoms with Gasteiger partial charge in [0.25, 0.3) is 0 Å². The molecule has 0 spiro atoms. The molecule has 4 nitrogen and oxygen atoms in total. The smallest absolute Gasteiger partial charge is 0.213 e. The standard InChI is InChI=1S/C13H15FN4S/c1-8-16-13(18-17-8)19-12-9(3-2-4-11(12)14)7-15-10-5-6-10/h2-4,10,15H,5-7H2,1H3,(H,16,17,18). The van der Waals surface area contributed by atoms with Gasteiger partial charge in [-0.25, -0.2) is 9.37 Å². The number of aromatic amines is 1. The zero-order valence-electron chi connectivity index (χ0n) is 10.6. The van der Waals surface area contributed by atoms with Gasteiger partial charge in [0.05, 0.1) is 4.90 Å². The minimum absolute atomic E-state index is 0.220. The third kappa shape index (κ3) is 3.13. The van der Waals surface area contributed by atoms with Gasteiger partial charge in [-0.3, -0.25) is 5.10 Å². The maximum Gasteiger partial charge on any atom is 0.213 e. The fourth-order valence-electron chi connectivity index (χ4n) is 1.81. The first-order valence-corrected chi connectivity index (χ1v) is 7.11. The lowest BCUT2D eigenvalue weighted by molar-refractivity contribution is 0.588. The molecule has 2 N–H and O–H groups in total. The van der Waals surface area contributed by atoms with Crippen molar-refractivity contribution in [2.45, 2.75) is 42.4 Å². The summed E-state index contributed by atoms with van der Waals surface area (Å²) >= 11 is 1.27.